The van der Waals surface area contributed by atoms with Crippen molar-refractivity contribution in [1.29, 1.82) is 0 Å². The highest BCUT2D eigenvalue weighted by atomic mass is 19.4. The molecule has 0 unspecified atom stereocenters. The Balaban J connectivity index is 7.45. The number of carbonyl (C=O) groups excluding carboxylic acids is 1. The van der Waals surface area contributed by atoms with Gasteiger partial charge in [-0.25, -0.2) is 9.69 Å². The fourth-order valence-electron chi connectivity index (χ4n) is 1.57. The third kappa shape index (κ3) is 3.73. The van der Waals surface area contributed by atoms with Crippen LogP contribution >= 0.6 is 0 Å². The fourth-order valence-corrected chi connectivity index (χ4v) is 1.57. The lowest BCUT2D eigenvalue weighted by Gasteiger charge is -2.44. The van der Waals surface area contributed by atoms with E-state index in [-0.39, 0.29) is 0 Å². The number of alkyl halides is 12. The average Bonchev–Trinajstić information content (AvgIpc) is 2.18. The number of carbonyl (C=O) groups is 1. The zero-order valence-corrected chi connectivity index (χ0v) is 10.5. The van der Waals surface area contributed by atoms with Crippen molar-refractivity contribution in [2.24, 2.45) is 0 Å². The van der Waals surface area contributed by atoms with Gasteiger partial charge in [-0.2, -0.15) is 61.5 Å². The molecule has 0 saturated heterocycles. The van der Waals surface area contributed by atoms with Crippen LogP contribution in [-0.2, 0) is 0 Å². The maximum absolute atomic E-state index is 12.6. The van der Waals surface area contributed by atoms with Gasteiger partial charge in [0.05, 0.1) is 0 Å². The van der Waals surface area contributed by atoms with Crippen molar-refractivity contribution in [3.8, 4) is 0 Å². The Labute approximate surface area is 125 Å². The summed E-state index contributed by atoms with van der Waals surface area (Å²) in [6, 6.07) is 0. The molecule has 0 N–H and O–H groups in total. The highest BCUT2D eigenvalue weighted by Gasteiger charge is 2.89. The summed E-state index contributed by atoms with van der Waals surface area (Å²) in [6.45, 7) is 0. The Morgan fingerprint density at radius 3 is 1.00 bits per heavy atom. The van der Waals surface area contributed by atoms with Crippen molar-refractivity contribution in [2.45, 2.75) is 30.2 Å². The average molecular weight is 411 g/mol. The molecule has 0 bridgehead atoms. The van der Waals surface area contributed by atoms with Gasteiger partial charge in [0.1, 0.15) is 0 Å². The molecule has 148 valence electrons. The van der Waals surface area contributed by atoms with Gasteiger partial charge in [-0.05, 0) is 0 Å². The number of allylic oxidation sites excluding steroid dienone is 1. The summed E-state index contributed by atoms with van der Waals surface area (Å²) in [6.07, 6.45) is -40.3. The maximum Gasteiger partial charge on any atom is 0.437 e. The molecule has 0 aliphatic carbocycles. The largest absolute Gasteiger partial charge is 0.437 e. The molecular formula is C8F15NO. The molecule has 0 fully saturated rings. The fraction of sp³-hybridized carbons (Fsp3) is 0.625. The Bertz CT molecular complexity index is 506. The van der Waals surface area contributed by atoms with Crippen molar-refractivity contribution >= 4 is 6.16 Å². The molecule has 0 aliphatic rings. The van der Waals surface area contributed by atoms with Gasteiger partial charge in [-0.15, -0.1) is 4.39 Å². The summed E-state index contributed by atoms with van der Waals surface area (Å²) in [4.78, 5) is 6.47. The van der Waals surface area contributed by atoms with Crippen LogP contribution in [0.1, 0.15) is 0 Å². The van der Waals surface area contributed by atoms with E-state index in [4.69, 9.17) is 0 Å². The van der Waals surface area contributed by atoms with E-state index >= 15 is 0 Å². The minimum absolute atomic E-state index is 3.75. The molecule has 0 aromatic heterocycles. The van der Waals surface area contributed by atoms with E-state index in [2.05, 4.69) is 0 Å². The first-order valence-corrected chi connectivity index (χ1v) is 4.96. The van der Waals surface area contributed by atoms with Gasteiger partial charge in [-0.1, -0.05) is 0 Å². The first kappa shape index (κ1) is 23.2. The van der Waals surface area contributed by atoms with Gasteiger partial charge < -0.3 is 0 Å². The Morgan fingerprint density at radius 2 is 0.880 bits per heavy atom. The van der Waals surface area contributed by atoms with Crippen molar-refractivity contribution in [3.63, 3.8) is 0 Å². The van der Waals surface area contributed by atoms with E-state index in [1.165, 1.54) is 0 Å². The monoisotopic (exact) mass is 411 g/mol. The molecule has 1 amide bonds. The van der Waals surface area contributed by atoms with Gasteiger partial charge in [0.25, 0.3) is 6.08 Å². The molecule has 0 rings (SSSR count). The first-order valence-electron chi connectivity index (χ1n) is 4.96. The molecule has 0 heterocycles. The van der Waals surface area contributed by atoms with Crippen LogP contribution in [0.2, 0.25) is 0 Å². The normalized spacial score (nSPS) is 14.4. The number of nitrogens with zero attached hydrogens (tertiary/aromatic N) is 1. The van der Waals surface area contributed by atoms with Gasteiger partial charge in [0, 0.05) is 0 Å². The zero-order valence-electron chi connectivity index (χ0n) is 10.5. The maximum atomic E-state index is 12.6. The van der Waals surface area contributed by atoms with Crippen molar-refractivity contribution in [1.82, 2.24) is 4.90 Å². The van der Waals surface area contributed by atoms with Gasteiger partial charge >= 0.3 is 36.4 Å². The van der Waals surface area contributed by atoms with E-state index < -0.39 is 53.1 Å². The molecule has 0 radical (unpaired) electrons. The summed E-state index contributed by atoms with van der Waals surface area (Å²) >= 11 is 0. The van der Waals surface area contributed by atoms with Gasteiger partial charge in [0.15, 0.2) is 5.70 Å². The van der Waals surface area contributed by atoms with Crippen LogP contribution in [0, 0.1) is 0 Å². The molecule has 0 aliphatic heterocycles. The molecule has 25 heavy (non-hydrogen) atoms. The number of amides is 1. The summed E-state index contributed by atoms with van der Waals surface area (Å²) in [7, 11) is 0. The Morgan fingerprint density at radius 1 is 0.600 bits per heavy atom. The highest BCUT2D eigenvalue weighted by Crippen LogP contribution is 2.58. The third-order valence-corrected chi connectivity index (χ3v) is 2.41. The molecule has 0 saturated carbocycles. The topological polar surface area (TPSA) is 20.3 Å². The summed E-state index contributed by atoms with van der Waals surface area (Å²) < 4.78 is 187. The molecule has 0 atom stereocenters. The lowest BCUT2D eigenvalue weighted by molar-refractivity contribution is -0.413. The lowest BCUT2D eigenvalue weighted by Crippen LogP contribution is -2.76. The van der Waals surface area contributed by atoms with Gasteiger partial charge in [0.2, 0.25) is 0 Å². The van der Waals surface area contributed by atoms with E-state index in [9.17, 15) is 70.7 Å². The second-order valence-corrected chi connectivity index (χ2v) is 3.90. The molecule has 2 nitrogen and oxygen atoms in total. The summed E-state index contributed by atoms with van der Waals surface area (Å²) in [5.74, 6) is 0. The summed E-state index contributed by atoms with van der Waals surface area (Å²) in [5.41, 5.74) is -12.7. The van der Waals surface area contributed by atoms with E-state index in [0.29, 0.717) is 0 Å². The molecule has 17 heteroatoms. The van der Waals surface area contributed by atoms with Crippen molar-refractivity contribution in [3.05, 3.63) is 11.8 Å². The zero-order chi connectivity index (χ0) is 20.8. The number of hydrogen-bond acceptors (Lipinski definition) is 1. The van der Waals surface area contributed by atoms with E-state index in [1.54, 1.807) is 0 Å². The highest BCUT2D eigenvalue weighted by molar-refractivity contribution is 5.71. The minimum Gasteiger partial charge on any atom is -0.243 e. The molecule has 0 spiro atoms. The lowest BCUT2D eigenvalue weighted by atomic mass is 9.93. The second kappa shape index (κ2) is 6.15. The minimum atomic E-state index is -7.94. The molecular weight excluding hydrogens is 411 g/mol. The Kier molecular flexibility index (Phi) is 5.70. The van der Waals surface area contributed by atoms with Gasteiger partial charge in [-0.3, -0.25) is 0 Å². The van der Waals surface area contributed by atoms with Crippen molar-refractivity contribution in [2.75, 3.05) is 0 Å². The standard InChI is InChI=1S/C8F15NO/c9-2(10)1(4(12,13)14)24(3(11)25)5(6(15,16)17,7(18,19)20)8(21,22)23. The Hall–Kier alpha value is -1.84. The van der Waals surface area contributed by atoms with Crippen LogP contribution in [0.3, 0.4) is 0 Å². The van der Waals surface area contributed by atoms with Crippen LogP contribution in [0.5, 0.6) is 0 Å². The molecule has 0 aromatic rings. The SMILES string of the molecule is O=C(F)N(C(=C(F)F)C(F)(F)F)C(C(F)(F)F)(C(F)(F)F)C(F)(F)F. The number of hydrogen-bond donors (Lipinski definition) is 0. The van der Waals surface area contributed by atoms with E-state index in [1.807, 2.05) is 0 Å². The van der Waals surface area contributed by atoms with Crippen LogP contribution in [0.25, 0.3) is 0 Å². The second-order valence-electron chi connectivity index (χ2n) is 3.90. The predicted molar refractivity (Wildman–Crippen MR) is 44.5 cm³/mol. The summed E-state index contributed by atoms with van der Waals surface area (Å²) in [5, 5.41) is 0. The third-order valence-electron chi connectivity index (χ3n) is 2.41. The van der Waals surface area contributed by atoms with Crippen LogP contribution in [-0.4, -0.2) is 41.3 Å². The predicted octanol–water partition coefficient (Wildman–Crippen LogP) is 5.47. The number of rotatable bonds is 2. The van der Waals surface area contributed by atoms with Crippen LogP contribution < -0.4 is 0 Å². The molecule has 0 aromatic carbocycles. The van der Waals surface area contributed by atoms with E-state index in [0.717, 1.165) is 0 Å². The quantitative estimate of drug-likeness (QED) is 0.335. The smallest absolute Gasteiger partial charge is 0.243 e. The first-order chi connectivity index (χ1) is 10.6. The van der Waals surface area contributed by atoms with Crippen LogP contribution in [0.15, 0.2) is 11.8 Å². The van der Waals surface area contributed by atoms with Crippen molar-refractivity contribution < 1.29 is 70.7 Å². The van der Waals surface area contributed by atoms with Crippen LogP contribution in [0.4, 0.5) is 70.7 Å². The number of halogens is 15.